The molecule has 0 bridgehead atoms. The Labute approximate surface area is 154 Å². The van der Waals surface area contributed by atoms with Gasteiger partial charge in [-0.15, -0.1) is 11.3 Å². The van der Waals surface area contributed by atoms with Crippen LogP contribution in [0.2, 0.25) is 0 Å². The molecule has 0 aliphatic heterocycles. The van der Waals surface area contributed by atoms with Crippen molar-refractivity contribution in [3.63, 3.8) is 0 Å². The summed E-state index contributed by atoms with van der Waals surface area (Å²) in [7, 11) is 0. The Hall–Kier alpha value is -2.92. The van der Waals surface area contributed by atoms with Gasteiger partial charge in [0.05, 0.1) is 16.1 Å². The van der Waals surface area contributed by atoms with Gasteiger partial charge in [-0.05, 0) is 47.5 Å². The average Bonchev–Trinajstić information content (AvgIpc) is 3.08. The number of carboxylic acid groups (broad SMARTS) is 1. The van der Waals surface area contributed by atoms with E-state index in [1.165, 1.54) is 0 Å². The van der Waals surface area contributed by atoms with Crippen LogP contribution in [0, 0.1) is 0 Å². The zero-order chi connectivity index (χ0) is 18.1. The third kappa shape index (κ3) is 3.26. The molecule has 0 aliphatic carbocycles. The summed E-state index contributed by atoms with van der Waals surface area (Å²) in [5.74, 6) is -0.565. The van der Waals surface area contributed by atoms with Crippen molar-refractivity contribution in [3.05, 3.63) is 71.2 Å². The third-order valence-corrected chi connectivity index (χ3v) is 5.42. The van der Waals surface area contributed by atoms with E-state index in [4.69, 9.17) is 9.84 Å². The standard InChI is InChI=1S/C21H17NO3S/c1-13(21(23)24)14-6-7-16-11-17(9-8-15(16)10-14)25-12-20-22-18-4-2-3-5-19(18)26-20/h2-11,13H,12H2,1H3,(H,23,24). The number of para-hydroxylation sites is 1. The molecule has 1 atom stereocenters. The van der Waals surface area contributed by atoms with Gasteiger partial charge in [-0.2, -0.15) is 0 Å². The number of carbonyl (C=O) groups is 1. The summed E-state index contributed by atoms with van der Waals surface area (Å²) < 4.78 is 7.06. The van der Waals surface area contributed by atoms with Crippen LogP contribution in [-0.2, 0) is 11.4 Å². The zero-order valence-corrected chi connectivity index (χ0v) is 15.0. The van der Waals surface area contributed by atoms with E-state index in [-0.39, 0.29) is 0 Å². The maximum absolute atomic E-state index is 11.1. The summed E-state index contributed by atoms with van der Waals surface area (Å²) in [6, 6.07) is 19.6. The zero-order valence-electron chi connectivity index (χ0n) is 14.2. The van der Waals surface area contributed by atoms with Gasteiger partial charge < -0.3 is 9.84 Å². The lowest BCUT2D eigenvalue weighted by atomic mass is 9.98. The van der Waals surface area contributed by atoms with E-state index in [1.54, 1.807) is 18.3 Å². The molecule has 1 N–H and O–H groups in total. The van der Waals surface area contributed by atoms with E-state index < -0.39 is 11.9 Å². The number of carboxylic acids is 1. The highest BCUT2D eigenvalue weighted by atomic mass is 32.1. The van der Waals surface area contributed by atoms with Gasteiger partial charge in [0, 0.05) is 0 Å². The molecule has 1 unspecified atom stereocenters. The van der Waals surface area contributed by atoms with Crippen LogP contribution in [0.5, 0.6) is 5.75 Å². The molecule has 0 fully saturated rings. The highest BCUT2D eigenvalue weighted by Gasteiger charge is 2.14. The summed E-state index contributed by atoms with van der Waals surface area (Å²) in [6.07, 6.45) is 0. The van der Waals surface area contributed by atoms with Crippen LogP contribution in [0.25, 0.3) is 21.0 Å². The summed E-state index contributed by atoms with van der Waals surface area (Å²) >= 11 is 1.64. The maximum Gasteiger partial charge on any atom is 0.310 e. The molecule has 1 heterocycles. The number of aliphatic carboxylic acids is 1. The number of benzene rings is 3. The highest BCUT2D eigenvalue weighted by Crippen LogP contribution is 2.27. The largest absolute Gasteiger partial charge is 0.486 e. The second-order valence-electron chi connectivity index (χ2n) is 6.19. The fourth-order valence-electron chi connectivity index (χ4n) is 2.87. The number of hydrogen-bond acceptors (Lipinski definition) is 4. The lowest BCUT2D eigenvalue weighted by molar-refractivity contribution is -0.138. The number of aromatic nitrogens is 1. The van der Waals surface area contributed by atoms with Gasteiger partial charge in [-0.25, -0.2) is 4.98 Å². The van der Waals surface area contributed by atoms with Crippen LogP contribution in [0.15, 0.2) is 60.7 Å². The molecule has 0 amide bonds. The molecular weight excluding hydrogens is 346 g/mol. The molecule has 0 saturated carbocycles. The number of thiazole rings is 1. The molecule has 130 valence electrons. The van der Waals surface area contributed by atoms with E-state index in [0.717, 1.165) is 37.3 Å². The Balaban J connectivity index is 1.53. The van der Waals surface area contributed by atoms with E-state index in [0.29, 0.717) is 6.61 Å². The molecule has 5 heteroatoms. The highest BCUT2D eigenvalue weighted by molar-refractivity contribution is 7.18. The molecule has 4 rings (SSSR count). The van der Waals surface area contributed by atoms with E-state index in [2.05, 4.69) is 11.1 Å². The molecule has 0 radical (unpaired) electrons. The van der Waals surface area contributed by atoms with Gasteiger partial charge in [-0.3, -0.25) is 4.79 Å². The fourth-order valence-corrected chi connectivity index (χ4v) is 3.75. The number of rotatable bonds is 5. The van der Waals surface area contributed by atoms with Crippen LogP contribution in [0.1, 0.15) is 23.4 Å². The van der Waals surface area contributed by atoms with Crippen LogP contribution in [0.3, 0.4) is 0 Å². The molecule has 1 aromatic heterocycles. The van der Waals surface area contributed by atoms with Crippen molar-refractivity contribution in [2.24, 2.45) is 0 Å². The first-order chi connectivity index (χ1) is 12.6. The summed E-state index contributed by atoms with van der Waals surface area (Å²) in [5, 5.41) is 12.1. The van der Waals surface area contributed by atoms with Crippen molar-refractivity contribution < 1.29 is 14.6 Å². The number of ether oxygens (including phenoxy) is 1. The minimum absolute atomic E-state index is 0.430. The molecular formula is C21H17NO3S. The monoisotopic (exact) mass is 363 g/mol. The van der Waals surface area contributed by atoms with Gasteiger partial charge in [0.2, 0.25) is 0 Å². The second-order valence-corrected chi connectivity index (χ2v) is 7.31. The Morgan fingerprint density at radius 3 is 2.69 bits per heavy atom. The molecule has 0 saturated heterocycles. The van der Waals surface area contributed by atoms with Crippen molar-refractivity contribution in [1.82, 2.24) is 4.98 Å². The molecule has 0 aliphatic rings. The van der Waals surface area contributed by atoms with Crippen LogP contribution >= 0.6 is 11.3 Å². The third-order valence-electron chi connectivity index (χ3n) is 4.41. The summed E-state index contributed by atoms with van der Waals surface area (Å²) in [4.78, 5) is 15.7. The normalized spacial score (nSPS) is 12.3. The predicted octanol–water partition coefficient (Wildman–Crippen LogP) is 5.22. The molecule has 4 nitrogen and oxygen atoms in total. The first-order valence-corrected chi connectivity index (χ1v) is 9.15. The topological polar surface area (TPSA) is 59.4 Å². The van der Waals surface area contributed by atoms with Gasteiger partial charge in [-0.1, -0.05) is 36.4 Å². The minimum atomic E-state index is -0.819. The lowest BCUT2D eigenvalue weighted by Gasteiger charge is -2.09. The fraction of sp³-hybridized carbons (Fsp3) is 0.143. The quantitative estimate of drug-likeness (QED) is 0.528. The van der Waals surface area contributed by atoms with Crippen LogP contribution in [-0.4, -0.2) is 16.1 Å². The van der Waals surface area contributed by atoms with Crippen LogP contribution < -0.4 is 4.74 Å². The first-order valence-electron chi connectivity index (χ1n) is 8.34. The molecule has 0 spiro atoms. The maximum atomic E-state index is 11.1. The number of nitrogens with zero attached hydrogens (tertiary/aromatic N) is 1. The first kappa shape index (κ1) is 16.5. The van der Waals surface area contributed by atoms with Gasteiger partial charge in [0.1, 0.15) is 17.4 Å². The van der Waals surface area contributed by atoms with E-state index in [1.807, 2.05) is 54.6 Å². The second kappa shape index (κ2) is 6.77. The van der Waals surface area contributed by atoms with Crippen molar-refractivity contribution in [2.75, 3.05) is 0 Å². The lowest BCUT2D eigenvalue weighted by Crippen LogP contribution is -2.07. The summed E-state index contributed by atoms with van der Waals surface area (Å²) in [6.45, 7) is 2.12. The summed E-state index contributed by atoms with van der Waals surface area (Å²) in [5.41, 5.74) is 1.79. The van der Waals surface area contributed by atoms with Gasteiger partial charge in [0.15, 0.2) is 0 Å². The predicted molar refractivity (Wildman–Crippen MR) is 104 cm³/mol. The van der Waals surface area contributed by atoms with Crippen molar-refractivity contribution in [3.8, 4) is 5.75 Å². The van der Waals surface area contributed by atoms with Crippen molar-refractivity contribution in [1.29, 1.82) is 0 Å². The number of fused-ring (bicyclic) bond motifs is 2. The van der Waals surface area contributed by atoms with Crippen molar-refractivity contribution >= 4 is 38.3 Å². The Bertz CT molecular complexity index is 1070. The smallest absolute Gasteiger partial charge is 0.310 e. The number of hydrogen-bond donors (Lipinski definition) is 1. The van der Waals surface area contributed by atoms with Gasteiger partial charge in [0.25, 0.3) is 0 Å². The molecule has 4 aromatic rings. The molecule has 3 aromatic carbocycles. The van der Waals surface area contributed by atoms with E-state index in [9.17, 15) is 4.79 Å². The van der Waals surface area contributed by atoms with Crippen molar-refractivity contribution in [2.45, 2.75) is 19.4 Å². The van der Waals surface area contributed by atoms with E-state index >= 15 is 0 Å². The average molecular weight is 363 g/mol. The SMILES string of the molecule is CC(C(=O)O)c1ccc2cc(OCc3nc4ccccc4s3)ccc2c1. The Morgan fingerprint density at radius 1 is 1.12 bits per heavy atom. The van der Waals surface area contributed by atoms with Crippen LogP contribution in [0.4, 0.5) is 0 Å². The Morgan fingerprint density at radius 2 is 1.88 bits per heavy atom. The molecule has 26 heavy (non-hydrogen) atoms. The Kier molecular flexibility index (Phi) is 4.31. The minimum Gasteiger partial charge on any atom is -0.486 e. The van der Waals surface area contributed by atoms with Gasteiger partial charge >= 0.3 is 5.97 Å².